The highest BCUT2D eigenvalue weighted by molar-refractivity contribution is 7.99. The van der Waals surface area contributed by atoms with Gasteiger partial charge in [-0.2, -0.15) is 0 Å². The number of rotatable bonds is 7. The van der Waals surface area contributed by atoms with E-state index in [1.807, 2.05) is 38.1 Å². The maximum absolute atomic E-state index is 12.2. The molecule has 1 N–H and O–H groups in total. The summed E-state index contributed by atoms with van der Waals surface area (Å²) in [6.45, 7) is 6.60. The van der Waals surface area contributed by atoms with Crippen LogP contribution in [0.4, 0.5) is 5.69 Å². The summed E-state index contributed by atoms with van der Waals surface area (Å²) in [6.07, 6.45) is 0. The van der Waals surface area contributed by atoms with E-state index < -0.39 is 0 Å². The fourth-order valence-corrected chi connectivity index (χ4v) is 2.98. The Hall–Kier alpha value is -1.94. The zero-order valence-electron chi connectivity index (χ0n) is 13.8. The summed E-state index contributed by atoms with van der Waals surface area (Å²) in [5, 5.41) is 2.83. The lowest BCUT2D eigenvalue weighted by molar-refractivity contribution is -0.115. The second kappa shape index (κ2) is 8.63. The van der Waals surface area contributed by atoms with Gasteiger partial charge in [0.25, 0.3) is 0 Å². The lowest BCUT2D eigenvalue weighted by Crippen LogP contribution is -2.22. The van der Waals surface area contributed by atoms with Gasteiger partial charge >= 0.3 is 0 Å². The van der Waals surface area contributed by atoms with Crippen LogP contribution in [0.5, 0.6) is 5.75 Å². The van der Waals surface area contributed by atoms with Gasteiger partial charge in [0.05, 0.1) is 11.9 Å². The van der Waals surface area contributed by atoms with Crippen LogP contribution in [0.2, 0.25) is 0 Å². The topological polar surface area (TPSA) is 38.3 Å². The third-order valence-electron chi connectivity index (χ3n) is 3.38. The number of nitrogens with one attached hydrogen (secondary N) is 1. The van der Waals surface area contributed by atoms with E-state index in [4.69, 9.17) is 4.74 Å². The summed E-state index contributed by atoms with van der Waals surface area (Å²) in [7, 11) is 0. The second-order valence-electron chi connectivity index (χ2n) is 5.39. The largest absolute Gasteiger partial charge is 0.494 e. The molecule has 0 spiro atoms. The molecule has 2 rings (SSSR count). The Bertz CT molecular complexity index is 640. The fraction of sp³-hybridized carbons (Fsp3) is 0.316. The highest BCUT2D eigenvalue weighted by Crippen LogP contribution is 2.21. The number of carbonyl (C=O) groups is 1. The summed E-state index contributed by atoms with van der Waals surface area (Å²) >= 11 is 1.64. The maximum atomic E-state index is 12.2. The number of anilines is 1. The van der Waals surface area contributed by atoms with Gasteiger partial charge < -0.3 is 10.1 Å². The van der Waals surface area contributed by atoms with Crippen LogP contribution in [0.3, 0.4) is 0 Å². The van der Waals surface area contributed by atoms with Crippen molar-refractivity contribution in [2.75, 3.05) is 11.9 Å². The smallest absolute Gasteiger partial charge is 0.237 e. The molecule has 3 nitrogen and oxygen atoms in total. The fourth-order valence-electron chi connectivity index (χ4n) is 2.14. The molecule has 0 aliphatic rings. The van der Waals surface area contributed by atoms with Crippen molar-refractivity contribution in [2.45, 2.75) is 31.8 Å². The number of benzene rings is 2. The zero-order valence-corrected chi connectivity index (χ0v) is 14.7. The average molecular weight is 329 g/mol. The second-order valence-corrected chi connectivity index (χ2v) is 6.72. The van der Waals surface area contributed by atoms with Crippen molar-refractivity contribution in [1.29, 1.82) is 0 Å². The van der Waals surface area contributed by atoms with E-state index >= 15 is 0 Å². The molecule has 1 atom stereocenters. The number of thioether (sulfide) groups is 1. The first kappa shape index (κ1) is 17.4. The van der Waals surface area contributed by atoms with Gasteiger partial charge in [-0.25, -0.2) is 0 Å². The first-order chi connectivity index (χ1) is 11.1. The molecule has 0 heterocycles. The first-order valence-corrected chi connectivity index (χ1v) is 8.84. The normalized spacial score (nSPS) is 11.8. The van der Waals surface area contributed by atoms with E-state index in [1.165, 1.54) is 11.1 Å². The predicted octanol–water partition coefficient (Wildman–Crippen LogP) is 4.65. The number of carbonyl (C=O) groups excluding carboxylic acids is 1. The molecule has 0 fully saturated rings. The Balaban J connectivity index is 1.84. The van der Waals surface area contributed by atoms with Gasteiger partial charge in [-0.1, -0.05) is 29.8 Å². The molecule has 0 aromatic heterocycles. The monoisotopic (exact) mass is 329 g/mol. The third kappa shape index (κ3) is 5.64. The summed E-state index contributed by atoms with van der Waals surface area (Å²) in [6, 6.07) is 15.8. The van der Waals surface area contributed by atoms with Crippen molar-refractivity contribution in [3.05, 3.63) is 59.7 Å². The molecule has 2 aromatic carbocycles. The van der Waals surface area contributed by atoms with Gasteiger partial charge in [0.2, 0.25) is 5.91 Å². The van der Waals surface area contributed by atoms with Crippen molar-refractivity contribution >= 4 is 23.4 Å². The molecule has 2 aromatic rings. The molecule has 0 saturated heterocycles. The van der Waals surface area contributed by atoms with Crippen LogP contribution in [0.25, 0.3) is 0 Å². The molecule has 0 saturated carbocycles. The molecule has 0 aliphatic heterocycles. The van der Waals surface area contributed by atoms with E-state index in [-0.39, 0.29) is 11.2 Å². The van der Waals surface area contributed by atoms with Crippen LogP contribution >= 0.6 is 11.8 Å². The molecule has 0 radical (unpaired) electrons. The lowest BCUT2D eigenvalue weighted by atomic mass is 10.2. The van der Waals surface area contributed by atoms with E-state index in [1.54, 1.807) is 11.8 Å². The Morgan fingerprint density at radius 2 is 1.96 bits per heavy atom. The standard InChI is InChI=1S/C19H23NO2S/c1-4-22-18-10-8-17(9-11-18)20-19(21)15(3)23-13-16-7-5-6-14(2)12-16/h5-12,15H,4,13H2,1-3H3,(H,20,21). The average Bonchev–Trinajstić information content (AvgIpc) is 2.54. The summed E-state index contributed by atoms with van der Waals surface area (Å²) in [5.41, 5.74) is 3.28. The van der Waals surface area contributed by atoms with Crippen LogP contribution in [0, 0.1) is 6.92 Å². The van der Waals surface area contributed by atoms with Crippen molar-refractivity contribution in [1.82, 2.24) is 0 Å². The first-order valence-electron chi connectivity index (χ1n) is 7.79. The van der Waals surface area contributed by atoms with Gasteiger partial charge in [0.15, 0.2) is 0 Å². The zero-order chi connectivity index (χ0) is 16.7. The molecular weight excluding hydrogens is 306 g/mol. The van der Waals surface area contributed by atoms with Crippen LogP contribution in [-0.2, 0) is 10.5 Å². The highest BCUT2D eigenvalue weighted by atomic mass is 32.2. The van der Waals surface area contributed by atoms with E-state index in [0.717, 1.165) is 17.2 Å². The molecule has 1 unspecified atom stereocenters. The van der Waals surface area contributed by atoms with Crippen molar-refractivity contribution < 1.29 is 9.53 Å². The van der Waals surface area contributed by atoms with Crippen LogP contribution in [-0.4, -0.2) is 17.8 Å². The summed E-state index contributed by atoms with van der Waals surface area (Å²) < 4.78 is 5.39. The Labute approximate surface area is 142 Å². The molecule has 0 aliphatic carbocycles. The van der Waals surface area contributed by atoms with Crippen LogP contribution < -0.4 is 10.1 Å². The van der Waals surface area contributed by atoms with E-state index in [9.17, 15) is 4.79 Å². The van der Waals surface area contributed by atoms with Crippen molar-refractivity contribution in [2.24, 2.45) is 0 Å². The minimum atomic E-state index is -0.109. The number of hydrogen-bond acceptors (Lipinski definition) is 3. The van der Waals surface area contributed by atoms with Crippen LogP contribution in [0.15, 0.2) is 48.5 Å². The Morgan fingerprint density at radius 1 is 1.22 bits per heavy atom. The quantitative estimate of drug-likeness (QED) is 0.803. The summed E-state index contributed by atoms with van der Waals surface area (Å²) in [4.78, 5) is 12.2. The highest BCUT2D eigenvalue weighted by Gasteiger charge is 2.13. The third-order valence-corrected chi connectivity index (χ3v) is 4.60. The SMILES string of the molecule is CCOc1ccc(NC(=O)C(C)SCc2cccc(C)c2)cc1. The Kier molecular flexibility index (Phi) is 6.53. The number of amides is 1. The van der Waals surface area contributed by atoms with Gasteiger partial charge in [0, 0.05) is 11.4 Å². The van der Waals surface area contributed by atoms with Crippen molar-refractivity contribution in [3.63, 3.8) is 0 Å². The Morgan fingerprint density at radius 3 is 2.61 bits per heavy atom. The van der Waals surface area contributed by atoms with Crippen molar-refractivity contribution in [3.8, 4) is 5.75 Å². The predicted molar refractivity (Wildman–Crippen MR) is 98.2 cm³/mol. The molecule has 122 valence electrons. The van der Waals surface area contributed by atoms with E-state index in [0.29, 0.717) is 6.61 Å². The molecule has 23 heavy (non-hydrogen) atoms. The summed E-state index contributed by atoms with van der Waals surface area (Å²) in [5.74, 6) is 1.67. The minimum absolute atomic E-state index is 0.0202. The molecule has 4 heteroatoms. The van der Waals surface area contributed by atoms with Gasteiger partial charge in [-0.15, -0.1) is 11.8 Å². The van der Waals surface area contributed by atoms with Gasteiger partial charge in [-0.05, 0) is 50.6 Å². The maximum Gasteiger partial charge on any atom is 0.237 e. The molecule has 0 bridgehead atoms. The van der Waals surface area contributed by atoms with Gasteiger partial charge in [0.1, 0.15) is 5.75 Å². The molecular formula is C19H23NO2S. The number of ether oxygens (including phenoxy) is 1. The number of hydrogen-bond donors (Lipinski definition) is 1. The number of aryl methyl sites for hydroxylation is 1. The minimum Gasteiger partial charge on any atom is -0.494 e. The lowest BCUT2D eigenvalue weighted by Gasteiger charge is -2.13. The van der Waals surface area contributed by atoms with Crippen LogP contribution in [0.1, 0.15) is 25.0 Å². The molecule has 1 amide bonds. The van der Waals surface area contributed by atoms with E-state index in [2.05, 4.69) is 36.5 Å². The van der Waals surface area contributed by atoms with Gasteiger partial charge in [-0.3, -0.25) is 4.79 Å².